The van der Waals surface area contributed by atoms with Gasteiger partial charge in [0.05, 0.1) is 5.38 Å². The van der Waals surface area contributed by atoms with Gasteiger partial charge in [0.25, 0.3) is 0 Å². The fraction of sp³-hybridized carbons (Fsp3) is 0.619. The van der Waals surface area contributed by atoms with Crippen LogP contribution in [0.1, 0.15) is 69.2 Å². The predicted octanol–water partition coefficient (Wildman–Crippen LogP) is 6.98. The third kappa shape index (κ3) is 1.83. The molecule has 1 heteroatoms. The monoisotopic (exact) mass is 318 g/mol. The standard InChI is InChI=1S/C21H31Cl/c1-11-12(2)16(6)20(9,15(11)5)19(22)21(10)17(7)13(3)14(4)18(21)8/h19H,1-10H3. The van der Waals surface area contributed by atoms with Gasteiger partial charge in [-0.05, 0) is 77.7 Å². The van der Waals surface area contributed by atoms with Crippen LogP contribution in [0.3, 0.4) is 0 Å². The Morgan fingerprint density at radius 3 is 0.909 bits per heavy atom. The maximum atomic E-state index is 7.28. The second kappa shape index (κ2) is 5.13. The van der Waals surface area contributed by atoms with Crippen LogP contribution >= 0.6 is 11.6 Å². The van der Waals surface area contributed by atoms with E-state index in [4.69, 9.17) is 11.6 Å². The summed E-state index contributed by atoms with van der Waals surface area (Å²) in [7, 11) is 0. The van der Waals surface area contributed by atoms with Crippen LogP contribution < -0.4 is 0 Å². The Kier molecular flexibility index (Phi) is 4.10. The van der Waals surface area contributed by atoms with Crippen LogP contribution in [0.25, 0.3) is 0 Å². The first-order valence-electron chi connectivity index (χ1n) is 8.30. The second-order valence-corrected chi connectivity index (χ2v) is 8.20. The number of halogens is 1. The average Bonchev–Trinajstić information content (AvgIpc) is 2.75. The Hall–Kier alpha value is -0.750. The molecule has 0 fully saturated rings. The SMILES string of the molecule is CC1=C(C)C(C)(C(Cl)C2(C)C(C)=C(C)C(C)=C2C)C(C)=C1C. The Balaban J connectivity index is 2.66. The van der Waals surface area contributed by atoms with Gasteiger partial charge in [-0.1, -0.05) is 36.1 Å². The van der Waals surface area contributed by atoms with Crippen LogP contribution in [0.15, 0.2) is 44.6 Å². The highest BCUT2D eigenvalue weighted by molar-refractivity contribution is 6.22. The Labute approximate surface area is 142 Å². The van der Waals surface area contributed by atoms with Gasteiger partial charge in [-0.2, -0.15) is 0 Å². The molecular weight excluding hydrogens is 288 g/mol. The van der Waals surface area contributed by atoms with Crippen molar-refractivity contribution in [2.45, 2.75) is 74.6 Å². The Morgan fingerprint density at radius 2 is 0.727 bits per heavy atom. The molecule has 0 saturated carbocycles. The summed E-state index contributed by atoms with van der Waals surface area (Å²) in [5, 5.41) is 0.0276. The molecule has 0 nitrogen and oxygen atoms in total. The minimum atomic E-state index is -0.0715. The van der Waals surface area contributed by atoms with E-state index in [1.165, 1.54) is 44.6 Å². The van der Waals surface area contributed by atoms with Gasteiger partial charge in [0.2, 0.25) is 0 Å². The topological polar surface area (TPSA) is 0 Å². The molecule has 0 amide bonds. The van der Waals surface area contributed by atoms with Crippen molar-refractivity contribution in [3.8, 4) is 0 Å². The van der Waals surface area contributed by atoms with Crippen molar-refractivity contribution < 1.29 is 0 Å². The van der Waals surface area contributed by atoms with Crippen molar-refractivity contribution in [2.75, 3.05) is 0 Å². The largest absolute Gasteiger partial charge is 0.120 e. The molecule has 0 atom stereocenters. The van der Waals surface area contributed by atoms with Gasteiger partial charge in [-0.15, -0.1) is 11.6 Å². The van der Waals surface area contributed by atoms with Crippen molar-refractivity contribution >= 4 is 11.6 Å². The predicted molar refractivity (Wildman–Crippen MR) is 99.4 cm³/mol. The van der Waals surface area contributed by atoms with Gasteiger partial charge in [-0.3, -0.25) is 0 Å². The Morgan fingerprint density at radius 1 is 0.545 bits per heavy atom. The number of alkyl halides is 1. The van der Waals surface area contributed by atoms with E-state index >= 15 is 0 Å². The zero-order valence-corrected chi connectivity index (χ0v) is 16.7. The quantitative estimate of drug-likeness (QED) is 0.482. The highest BCUT2D eigenvalue weighted by atomic mass is 35.5. The van der Waals surface area contributed by atoms with E-state index in [9.17, 15) is 0 Å². The number of allylic oxidation sites excluding steroid dienone is 8. The molecule has 2 aliphatic rings. The molecular formula is C21H31Cl. The lowest BCUT2D eigenvalue weighted by molar-refractivity contribution is 0.316. The van der Waals surface area contributed by atoms with E-state index in [1.54, 1.807) is 0 Å². The van der Waals surface area contributed by atoms with Crippen LogP contribution in [-0.2, 0) is 0 Å². The zero-order valence-electron chi connectivity index (χ0n) is 16.0. The van der Waals surface area contributed by atoms with E-state index < -0.39 is 0 Å². The van der Waals surface area contributed by atoms with Gasteiger partial charge in [-0.25, -0.2) is 0 Å². The van der Waals surface area contributed by atoms with Crippen molar-refractivity contribution in [3.05, 3.63) is 44.6 Å². The lowest BCUT2D eigenvalue weighted by Crippen LogP contribution is -2.42. The van der Waals surface area contributed by atoms with Crippen molar-refractivity contribution in [1.29, 1.82) is 0 Å². The summed E-state index contributed by atoms with van der Waals surface area (Å²) in [6.07, 6.45) is 0. The first-order chi connectivity index (χ1) is 9.93. The molecule has 0 bridgehead atoms. The zero-order chi connectivity index (χ0) is 17.2. The summed E-state index contributed by atoms with van der Waals surface area (Å²) >= 11 is 7.28. The summed E-state index contributed by atoms with van der Waals surface area (Å²) in [6.45, 7) is 22.7. The fourth-order valence-corrected chi connectivity index (χ4v) is 5.24. The molecule has 0 N–H and O–H groups in total. The van der Waals surface area contributed by atoms with E-state index in [0.29, 0.717) is 0 Å². The lowest BCUT2D eigenvalue weighted by atomic mass is 9.63. The van der Waals surface area contributed by atoms with Crippen LogP contribution in [0, 0.1) is 10.8 Å². The van der Waals surface area contributed by atoms with Gasteiger partial charge < -0.3 is 0 Å². The summed E-state index contributed by atoms with van der Waals surface area (Å²) in [5.41, 5.74) is 11.3. The van der Waals surface area contributed by atoms with Crippen molar-refractivity contribution in [3.63, 3.8) is 0 Å². The molecule has 0 spiro atoms. The molecule has 0 aromatic rings. The summed E-state index contributed by atoms with van der Waals surface area (Å²) < 4.78 is 0. The van der Waals surface area contributed by atoms with Crippen molar-refractivity contribution in [2.24, 2.45) is 10.8 Å². The minimum Gasteiger partial charge on any atom is -0.120 e. The average molecular weight is 319 g/mol. The lowest BCUT2D eigenvalue weighted by Gasteiger charge is -2.45. The molecule has 0 radical (unpaired) electrons. The van der Waals surface area contributed by atoms with E-state index in [-0.39, 0.29) is 16.2 Å². The van der Waals surface area contributed by atoms with Crippen LogP contribution in [0.5, 0.6) is 0 Å². The van der Waals surface area contributed by atoms with Gasteiger partial charge in [0, 0.05) is 10.8 Å². The number of rotatable bonds is 2. The smallest absolute Gasteiger partial charge is 0.0592 e. The van der Waals surface area contributed by atoms with Crippen LogP contribution in [0.2, 0.25) is 0 Å². The summed E-state index contributed by atoms with van der Waals surface area (Å²) in [6, 6.07) is 0. The van der Waals surface area contributed by atoms with E-state index in [0.717, 1.165) is 0 Å². The molecule has 2 aliphatic carbocycles. The first-order valence-corrected chi connectivity index (χ1v) is 8.73. The molecule has 122 valence electrons. The highest BCUT2D eigenvalue weighted by Crippen LogP contribution is 2.60. The van der Waals surface area contributed by atoms with Crippen molar-refractivity contribution in [1.82, 2.24) is 0 Å². The van der Waals surface area contributed by atoms with Crippen LogP contribution in [0.4, 0.5) is 0 Å². The molecule has 0 heterocycles. The minimum absolute atomic E-state index is 0.0276. The fourth-order valence-electron chi connectivity index (χ4n) is 4.58. The van der Waals surface area contributed by atoms with Crippen LogP contribution in [-0.4, -0.2) is 5.38 Å². The molecule has 2 rings (SSSR count). The molecule has 0 unspecified atom stereocenters. The maximum Gasteiger partial charge on any atom is 0.0592 e. The van der Waals surface area contributed by atoms with E-state index in [1.807, 2.05) is 0 Å². The van der Waals surface area contributed by atoms with Gasteiger partial charge in [0.15, 0.2) is 0 Å². The normalized spacial score (nSPS) is 24.5. The first kappa shape index (κ1) is 17.6. The van der Waals surface area contributed by atoms with E-state index in [2.05, 4.69) is 69.2 Å². The second-order valence-electron chi connectivity index (χ2n) is 7.77. The molecule has 0 aromatic heterocycles. The third-order valence-electron chi connectivity index (χ3n) is 7.50. The maximum absolute atomic E-state index is 7.28. The molecule has 22 heavy (non-hydrogen) atoms. The Bertz CT molecular complexity index is 558. The summed E-state index contributed by atoms with van der Waals surface area (Å²) in [4.78, 5) is 0. The summed E-state index contributed by atoms with van der Waals surface area (Å²) in [5.74, 6) is 0. The van der Waals surface area contributed by atoms with Gasteiger partial charge >= 0.3 is 0 Å². The molecule has 0 aliphatic heterocycles. The third-order valence-corrected chi connectivity index (χ3v) is 8.38. The highest BCUT2D eigenvalue weighted by Gasteiger charge is 2.53. The molecule has 0 aromatic carbocycles. The number of hydrogen-bond donors (Lipinski definition) is 0. The van der Waals surface area contributed by atoms with Gasteiger partial charge in [0.1, 0.15) is 0 Å². The molecule has 0 saturated heterocycles. The number of hydrogen-bond acceptors (Lipinski definition) is 0.